The number of nitrogens with two attached hydrogens (primary N) is 1. The van der Waals surface area contributed by atoms with Crippen LogP contribution in [0.1, 0.15) is 31.4 Å². The van der Waals surface area contributed by atoms with E-state index >= 15 is 0 Å². The minimum absolute atomic E-state index is 0.0223. The molecule has 1 amide bonds. The molecule has 4 aliphatic rings. The van der Waals surface area contributed by atoms with Crippen LogP contribution in [-0.4, -0.2) is 100 Å². The van der Waals surface area contributed by atoms with Gasteiger partial charge >= 0.3 is 0 Å². The fourth-order valence-electron chi connectivity index (χ4n) is 6.97. The van der Waals surface area contributed by atoms with E-state index in [4.69, 9.17) is 10.6 Å². The van der Waals surface area contributed by atoms with Crippen LogP contribution >= 0.6 is 0 Å². The molecule has 2 fully saturated rings. The van der Waals surface area contributed by atoms with Crippen LogP contribution in [0, 0.1) is 17.8 Å². The highest BCUT2D eigenvalue weighted by Crippen LogP contribution is 2.52. The summed E-state index contributed by atoms with van der Waals surface area (Å²) < 4.78 is 28.5. The highest BCUT2D eigenvalue weighted by molar-refractivity contribution is 7.94. The molecule has 14 nitrogen and oxygen atoms in total. The lowest BCUT2D eigenvalue weighted by molar-refractivity contribution is -0.184. The number of sulfonamides is 1. The van der Waals surface area contributed by atoms with Gasteiger partial charge in [0, 0.05) is 17.5 Å². The van der Waals surface area contributed by atoms with Crippen LogP contribution < -0.4 is 10.5 Å². The van der Waals surface area contributed by atoms with Crippen LogP contribution in [0.25, 0.3) is 5.76 Å². The third kappa shape index (κ3) is 4.05. The summed E-state index contributed by atoms with van der Waals surface area (Å²) in [7, 11) is -1.03. The maximum Gasteiger partial charge on any atom is 0.245 e. The Kier molecular flexibility index (Phi) is 6.72. The molecule has 1 aromatic carbocycles. The zero-order valence-electron chi connectivity index (χ0n) is 22.7. The number of hydrogen-bond acceptors (Lipinski definition) is 12. The van der Waals surface area contributed by atoms with Crippen molar-refractivity contribution in [3.05, 3.63) is 28.8 Å². The molecule has 0 saturated heterocycles. The van der Waals surface area contributed by atoms with Gasteiger partial charge in [-0.25, -0.2) is 8.42 Å². The van der Waals surface area contributed by atoms with E-state index in [0.717, 1.165) is 0 Å². The molecule has 7 N–H and O–H groups in total. The van der Waals surface area contributed by atoms with E-state index in [1.165, 1.54) is 30.9 Å². The maximum atomic E-state index is 13.9. The number of phenolic OH excluding ortho intramolecular Hbond substituents is 1. The van der Waals surface area contributed by atoms with E-state index in [-0.39, 0.29) is 35.4 Å². The number of primary amides is 1. The van der Waals surface area contributed by atoms with Crippen LogP contribution in [0.4, 0.5) is 5.69 Å². The van der Waals surface area contributed by atoms with Crippen molar-refractivity contribution in [2.75, 3.05) is 18.8 Å². The average Bonchev–Trinajstić information content (AvgIpc) is 3.21. The fourth-order valence-corrected chi connectivity index (χ4v) is 8.61. The molecule has 5 rings (SSSR count). The highest BCUT2D eigenvalue weighted by Gasteiger charge is 2.67. The molecule has 0 radical (unpaired) electrons. The van der Waals surface area contributed by atoms with Crippen LogP contribution in [0.3, 0.4) is 0 Å². The zero-order valence-corrected chi connectivity index (χ0v) is 23.5. The quantitative estimate of drug-likeness (QED) is 0.180. The Morgan fingerprint density at radius 3 is 2.46 bits per heavy atom. The van der Waals surface area contributed by atoms with E-state index in [1.807, 2.05) is 0 Å². The van der Waals surface area contributed by atoms with Gasteiger partial charge in [0.2, 0.25) is 21.7 Å². The van der Waals surface area contributed by atoms with Crippen molar-refractivity contribution in [3.63, 3.8) is 0 Å². The van der Waals surface area contributed by atoms with Gasteiger partial charge in [-0.1, -0.05) is 11.2 Å². The number of anilines is 1. The topological polar surface area (TPSA) is 229 Å². The van der Waals surface area contributed by atoms with Crippen LogP contribution in [0.5, 0.6) is 5.75 Å². The zero-order chi connectivity index (χ0) is 30.3. The third-order valence-electron chi connectivity index (χ3n) is 8.75. The number of fused-ring (bicyclic) bond motifs is 3. The monoisotopic (exact) mass is 592 g/mol. The Balaban J connectivity index is 1.59. The first kappa shape index (κ1) is 29.0. The predicted molar refractivity (Wildman–Crippen MR) is 144 cm³/mol. The summed E-state index contributed by atoms with van der Waals surface area (Å²) in [5.74, 6) is -8.73. The lowest BCUT2D eigenvalue weighted by Gasteiger charge is -2.53. The minimum Gasteiger partial charge on any atom is -0.507 e. The molecule has 41 heavy (non-hydrogen) atoms. The second-order valence-corrected chi connectivity index (χ2v) is 13.2. The number of nitrogens with one attached hydrogen (secondary N) is 1. The van der Waals surface area contributed by atoms with Crippen molar-refractivity contribution in [1.82, 2.24) is 4.90 Å². The van der Waals surface area contributed by atoms with Crippen molar-refractivity contribution >= 4 is 44.7 Å². The number of nitrogens with zero attached hydrogens (tertiary/aromatic N) is 2. The average molecular weight is 593 g/mol. The van der Waals surface area contributed by atoms with E-state index in [9.17, 15) is 43.2 Å². The molecule has 0 spiro atoms. The molecule has 1 heterocycles. The molecular formula is C26H32N4O10S. The largest absolute Gasteiger partial charge is 0.507 e. The number of phenols is 1. The number of aliphatic hydroxyl groups is 3. The first-order valence-electron chi connectivity index (χ1n) is 13.0. The summed E-state index contributed by atoms with van der Waals surface area (Å²) >= 11 is 0. The number of aromatic hydroxyl groups is 1. The number of benzene rings is 1. The van der Waals surface area contributed by atoms with Crippen molar-refractivity contribution in [2.45, 2.75) is 55.8 Å². The summed E-state index contributed by atoms with van der Waals surface area (Å²) in [6, 6.07) is 1.82. The Bertz CT molecular complexity index is 1540. The molecule has 222 valence electrons. The molecule has 1 aromatic rings. The van der Waals surface area contributed by atoms with Crippen LogP contribution in [-0.2, 0) is 35.7 Å². The molecule has 15 heteroatoms. The third-order valence-corrected chi connectivity index (χ3v) is 10.6. The number of aliphatic hydroxyl groups excluding tert-OH is 2. The maximum absolute atomic E-state index is 13.9. The van der Waals surface area contributed by atoms with Gasteiger partial charge in [-0.2, -0.15) is 0 Å². The van der Waals surface area contributed by atoms with E-state index in [2.05, 4.69) is 9.88 Å². The van der Waals surface area contributed by atoms with Gasteiger partial charge < -0.3 is 35.9 Å². The lowest BCUT2D eigenvalue weighted by Crippen LogP contribution is -2.73. The minimum atomic E-state index is -4.17. The number of hydrogen-bond donors (Lipinski definition) is 6. The Morgan fingerprint density at radius 1 is 1.24 bits per heavy atom. The Hall–Kier alpha value is -3.53. The van der Waals surface area contributed by atoms with Gasteiger partial charge in [0.25, 0.3) is 0 Å². The van der Waals surface area contributed by atoms with Crippen molar-refractivity contribution in [2.24, 2.45) is 28.6 Å². The molecule has 3 aliphatic carbocycles. The van der Waals surface area contributed by atoms with Gasteiger partial charge in [0.15, 0.2) is 22.4 Å². The van der Waals surface area contributed by atoms with Gasteiger partial charge in [0.05, 0.1) is 23.1 Å². The fraction of sp³-hybridized carbons (Fsp3) is 0.538. The molecule has 2 saturated carbocycles. The molecule has 8 atom stereocenters. The van der Waals surface area contributed by atoms with Gasteiger partial charge in [-0.3, -0.25) is 19.1 Å². The van der Waals surface area contributed by atoms with E-state index < -0.39 is 85.9 Å². The number of carbonyl (C=O) groups excluding carboxylic acids is 3. The summed E-state index contributed by atoms with van der Waals surface area (Å²) in [5, 5.41) is 47.6. The van der Waals surface area contributed by atoms with E-state index in [0.29, 0.717) is 5.56 Å². The number of likely N-dealkylation sites (N-methyl/N-ethyl adjacent to an activating group) is 1. The smallest absolute Gasteiger partial charge is 0.245 e. The number of rotatable bonds is 5. The summed E-state index contributed by atoms with van der Waals surface area (Å²) in [5.41, 5.74) is 2.36. The molecular weight excluding hydrogens is 560 g/mol. The summed E-state index contributed by atoms with van der Waals surface area (Å²) in [4.78, 5) is 46.0. The number of amides is 1. The van der Waals surface area contributed by atoms with Gasteiger partial charge in [-0.15, -0.1) is 0 Å². The van der Waals surface area contributed by atoms with Crippen LogP contribution in [0.2, 0.25) is 0 Å². The number of oxime groups is 1. The standard InChI is InChI=1S/C26H32N4O10S/c1-9-22(10(2)40-28-9)41(38,39)29-14-6-5-11-7-12-8-13-18(30(3)4)21(33)17(25(27)36)24(35)26(13,37)23(34)16(12)20(32)15(11)19(14)31/h5-6,10,12-13,17-18,21-22,29,31-33,37H,7-8H2,1-4H3,(H2,27,36)/t10?,12-,13-,17?,18-,21?,22?,26-/m1/s1. The second kappa shape index (κ2) is 9.51. The predicted octanol–water partition coefficient (Wildman–Crippen LogP) is -0.966. The second-order valence-electron chi connectivity index (χ2n) is 11.4. The lowest BCUT2D eigenvalue weighted by atomic mass is 9.54. The normalized spacial score (nSPS) is 34.9. The number of ketones is 2. The van der Waals surface area contributed by atoms with Crippen molar-refractivity contribution in [1.29, 1.82) is 0 Å². The Morgan fingerprint density at radius 2 is 1.90 bits per heavy atom. The SMILES string of the molecule is CC1=NOC(C)C1S(=O)(=O)Nc1ccc2c(c1O)C(O)=C1C(=O)[C@@]3(O)C(=O)C(C(N)=O)C(O)[C@H](N(C)C)[C@H]3C[C@H]1C2. The summed E-state index contributed by atoms with van der Waals surface area (Å²) in [6.07, 6.45) is -2.30. The molecule has 4 unspecified atom stereocenters. The van der Waals surface area contributed by atoms with Crippen LogP contribution in [0.15, 0.2) is 22.9 Å². The molecule has 0 bridgehead atoms. The highest BCUT2D eigenvalue weighted by atomic mass is 32.2. The summed E-state index contributed by atoms with van der Waals surface area (Å²) in [6.45, 7) is 3.01. The van der Waals surface area contributed by atoms with E-state index in [1.54, 1.807) is 14.1 Å². The van der Waals surface area contributed by atoms with Gasteiger partial charge in [0.1, 0.15) is 17.8 Å². The Labute approximate surface area is 235 Å². The van der Waals surface area contributed by atoms with Crippen molar-refractivity contribution in [3.8, 4) is 5.75 Å². The molecule has 0 aromatic heterocycles. The first-order chi connectivity index (χ1) is 19.0. The molecule has 1 aliphatic heterocycles. The number of carbonyl (C=O) groups is 3. The van der Waals surface area contributed by atoms with Gasteiger partial charge in [-0.05, 0) is 58.3 Å². The first-order valence-corrected chi connectivity index (χ1v) is 14.5. The van der Waals surface area contributed by atoms with Crippen molar-refractivity contribution < 1.29 is 48.1 Å². The number of Topliss-reactive ketones (excluding diaryl/α,β-unsaturated/α-hetero) is 2.